The Bertz CT molecular complexity index is 432. The molecule has 1 aliphatic heterocycles. The molecule has 4 heteroatoms. The number of hydrogen-bond donors (Lipinski definition) is 1. The highest BCUT2D eigenvalue weighted by Crippen LogP contribution is 2.36. The number of hydrogen-bond acceptors (Lipinski definition) is 2. The standard InChI is InChI=1S/C16H24BrFN2/c1-3-4-12(2)16(20-9-7-19-8-10-20)14-11-13(18)5-6-15(14)17/h5-6,11-12,16,19H,3-4,7-10H2,1-2H3/t12?,16-/m0/s1. The molecular formula is C16H24BrFN2. The van der Waals surface area contributed by atoms with Crippen LogP contribution in [-0.4, -0.2) is 31.1 Å². The zero-order valence-electron chi connectivity index (χ0n) is 12.3. The highest BCUT2D eigenvalue weighted by atomic mass is 79.9. The van der Waals surface area contributed by atoms with Crippen molar-refractivity contribution in [1.82, 2.24) is 10.2 Å². The van der Waals surface area contributed by atoms with E-state index in [-0.39, 0.29) is 5.82 Å². The molecule has 112 valence electrons. The lowest BCUT2D eigenvalue weighted by atomic mass is 9.89. The minimum Gasteiger partial charge on any atom is -0.314 e. The number of piperazine rings is 1. The Hall–Kier alpha value is -0.450. The quantitative estimate of drug-likeness (QED) is 0.870. The predicted molar refractivity (Wildman–Crippen MR) is 85.4 cm³/mol. The monoisotopic (exact) mass is 342 g/mol. The molecule has 0 spiro atoms. The maximum absolute atomic E-state index is 13.7. The third-order valence-corrected chi connectivity index (χ3v) is 4.83. The normalized spacial score (nSPS) is 19.8. The van der Waals surface area contributed by atoms with E-state index in [1.807, 2.05) is 6.07 Å². The Labute approximate surface area is 129 Å². The predicted octanol–water partition coefficient (Wildman–Crippen LogP) is 3.97. The third-order valence-electron chi connectivity index (χ3n) is 4.10. The first kappa shape index (κ1) is 15.9. The van der Waals surface area contributed by atoms with Gasteiger partial charge in [0.1, 0.15) is 5.82 Å². The van der Waals surface area contributed by atoms with E-state index in [2.05, 4.69) is 40.0 Å². The van der Waals surface area contributed by atoms with Gasteiger partial charge in [-0.05, 0) is 36.1 Å². The fourth-order valence-corrected chi connectivity index (χ4v) is 3.66. The van der Waals surface area contributed by atoms with Crippen LogP contribution in [0.5, 0.6) is 0 Å². The van der Waals surface area contributed by atoms with Crippen LogP contribution in [0.2, 0.25) is 0 Å². The Balaban J connectivity index is 2.31. The van der Waals surface area contributed by atoms with Gasteiger partial charge in [0.2, 0.25) is 0 Å². The molecule has 2 rings (SSSR count). The van der Waals surface area contributed by atoms with E-state index in [9.17, 15) is 4.39 Å². The molecule has 0 amide bonds. The molecule has 2 atom stereocenters. The van der Waals surface area contributed by atoms with Crippen molar-refractivity contribution in [2.75, 3.05) is 26.2 Å². The van der Waals surface area contributed by atoms with Crippen LogP contribution in [-0.2, 0) is 0 Å². The van der Waals surface area contributed by atoms with E-state index in [0.717, 1.165) is 49.1 Å². The lowest BCUT2D eigenvalue weighted by Crippen LogP contribution is -2.46. The summed E-state index contributed by atoms with van der Waals surface area (Å²) < 4.78 is 14.7. The second kappa shape index (κ2) is 7.53. The molecular weight excluding hydrogens is 319 g/mol. The van der Waals surface area contributed by atoms with E-state index in [1.54, 1.807) is 6.07 Å². The Morgan fingerprint density at radius 1 is 1.35 bits per heavy atom. The topological polar surface area (TPSA) is 15.3 Å². The molecule has 0 bridgehead atoms. The lowest BCUT2D eigenvalue weighted by molar-refractivity contribution is 0.125. The van der Waals surface area contributed by atoms with Gasteiger partial charge in [-0.15, -0.1) is 0 Å². The summed E-state index contributed by atoms with van der Waals surface area (Å²) in [5, 5.41) is 3.39. The second-order valence-corrected chi connectivity index (χ2v) is 6.52. The van der Waals surface area contributed by atoms with Crippen molar-refractivity contribution in [3.05, 3.63) is 34.1 Å². The van der Waals surface area contributed by atoms with Gasteiger partial charge in [-0.1, -0.05) is 36.2 Å². The number of benzene rings is 1. The van der Waals surface area contributed by atoms with Crippen LogP contribution in [0.1, 0.15) is 38.3 Å². The first-order valence-corrected chi connectivity index (χ1v) is 8.32. The molecule has 1 heterocycles. The number of halogens is 2. The van der Waals surface area contributed by atoms with Crippen LogP contribution < -0.4 is 5.32 Å². The van der Waals surface area contributed by atoms with Gasteiger partial charge in [0.15, 0.2) is 0 Å². The first-order chi connectivity index (χ1) is 9.63. The molecule has 1 aromatic rings. The van der Waals surface area contributed by atoms with E-state index in [4.69, 9.17) is 0 Å². The summed E-state index contributed by atoms with van der Waals surface area (Å²) in [7, 11) is 0. The van der Waals surface area contributed by atoms with Crippen molar-refractivity contribution in [2.45, 2.75) is 32.7 Å². The second-order valence-electron chi connectivity index (χ2n) is 5.66. The summed E-state index contributed by atoms with van der Waals surface area (Å²) in [6, 6.07) is 5.34. The highest BCUT2D eigenvalue weighted by molar-refractivity contribution is 9.10. The van der Waals surface area contributed by atoms with Gasteiger partial charge in [0.05, 0.1) is 0 Å². The molecule has 1 unspecified atom stereocenters. The summed E-state index contributed by atoms with van der Waals surface area (Å²) >= 11 is 3.61. The van der Waals surface area contributed by atoms with Crippen molar-refractivity contribution >= 4 is 15.9 Å². The maximum atomic E-state index is 13.7. The van der Waals surface area contributed by atoms with Crippen LogP contribution in [0, 0.1) is 11.7 Å². The van der Waals surface area contributed by atoms with Gasteiger partial charge in [-0.2, -0.15) is 0 Å². The fourth-order valence-electron chi connectivity index (χ4n) is 3.18. The molecule has 1 aliphatic rings. The maximum Gasteiger partial charge on any atom is 0.123 e. The van der Waals surface area contributed by atoms with Crippen molar-refractivity contribution in [3.8, 4) is 0 Å². The van der Waals surface area contributed by atoms with E-state index in [1.165, 1.54) is 6.07 Å². The SMILES string of the molecule is CCCC(C)[C@@H](c1cc(F)ccc1Br)N1CCNCC1. The largest absolute Gasteiger partial charge is 0.314 e. The van der Waals surface area contributed by atoms with E-state index >= 15 is 0 Å². The molecule has 0 aromatic heterocycles. The van der Waals surface area contributed by atoms with Crippen molar-refractivity contribution in [3.63, 3.8) is 0 Å². The molecule has 0 radical (unpaired) electrons. The molecule has 1 N–H and O–H groups in total. The molecule has 1 aromatic carbocycles. The van der Waals surface area contributed by atoms with Crippen LogP contribution in [0.25, 0.3) is 0 Å². The van der Waals surface area contributed by atoms with Gasteiger partial charge in [-0.3, -0.25) is 4.90 Å². The average Bonchev–Trinajstić information content (AvgIpc) is 2.44. The van der Waals surface area contributed by atoms with Crippen LogP contribution in [0.3, 0.4) is 0 Å². The van der Waals surface area contributed by atoms with E-state index in [0.29, 0.717) is 12.0 Å². The van der Waals surface area contributed by atoms with Crippen LogP contribution in [0.4, 0.5) is 4.39 Å². The number of rotatable bonds is 5. The van der Waals surface area contributed by atoms with Gasteiger partial charge in [0, 0.05) is 36.7 Å². The summed E-state index contributed by atoms with van der Waals surface area (Å²) in [5.74, 6) is 0.378. The summed E-state index contributed by atoms with van der Waals surface area (Å²) in [4.78, 5) is 2.50. The third kappa shape index (κ3) is 3.80. The molecule has 1 saturated heterocycles. The fraction of sp³-hybridized carbons (Fsp3) is 0.625. The van der Waals surface area contributed by atoms with Crippen LogP contribution in [0.15, 0.2) is 22.7 Å². The Morgan fingerprint density at radius 2 is 2.05 bits per heavy atom. The van der Waals surface area contributed by atoms with Gasteiger partial charge in [0.25, 0.3) is 0 Å². The van der Waals surface area contributed by atoms with Gasteiger partial charge < -0.3 is 5.32 Å². The summed E-state index contributed by atoms with van der Waals surface area (Å²) in [6.45, 7) is 8.59. The lowest BCUT2D eigenvalue weighted by Gasteiger charge is -2.39. The molecule has 20 heavy (non-hydrogen) atoms. The van der Waals surface area contributed by atoms with Crippen LogP contribution >= 0.6 is 15.9 Å². The molecule has 1 fully saturated rings. The highest BCUT2D eigenvalue weighted by Gasteiger charge is 2.28. The first-order valence-electron chi connectivity index (χ1n) is 7.53. The van der Waals surface area contributed by atoms with Gasteiger partial charge >= 0.3 is 0 Å². The zero-order chi connectivity index (χ0) is 14.5. The number of nitrogens with one attached hydrogen (secondary N) is 1. The summed E-state index contributed by atoms with van der Waals surface area (Å²) in [6.07, 6.45) is 2.33. The molecule has 2 nitrogen and oxygen atoms in total. The smallest absolute Gasteiger partial charge is 0.123 e. The molecule has 0 saturated carbocycles. The Morgan fingerprint density at radius 3 is 2.70 bits per heavy atom. The number of nitrogens with zero attached hydrogens (tertiary/aromatic N) is 1. The zero-order valence-corrected chi connectivity index (χ0v) is 13.9. The van der Waals surface area contributed by atoms with Crippen molar-refractivity contribution in [2.24, 2.45) is 5.92 Å². The summed E-state index contributed by atoms with van der Waals surface area (Å²) in [5.41, 5.74) is 1.09. The Kier molecular flexibility index (Phi) is 6.00. The average molecular weight is 343 g/mol. The minimum absolute atomic E-state index is 0.146. The van der Waals surface area contributed by atoms with Crippen molar-refractivity contribution < 1.29 is 4.39 Å². The van der Waals surface area contributed by atoms with Gasteiger partial charge in [-0.25, -0.2) is 4.39 Å². The molecule has 0 aliphatic carbocycles. The minimum atomic E-state index is -0.146. The van der Waals surface area contributed by atoms with Crippen molar-refractivity contribution in [1.29, 1.82) is 0 Å². The van der Waals surface area contributed by atoms with E-state index < -0.39 is 0 Å².